The maximum absolute atomic E-state index is 12.3. The zero-order valence-electron chi connectivity index (χ0n) is 8.80. The van der Waals surface area contributed by atoms with E-state index in [1.165, 1.54) is 6.33 Å². The maximum Gasteiger partial charge on any atom is 0.394 e. The van der Waals surface area contributed by atoms with Crippen LogP contribution in [0, 0.1) is 0 Å². The number of halogens is 3. The van der Waals surface area contributed by atoms with Gasteiger partial charge in [-0.2, -0.15) is 13.2 Å². The lowest BCUT2D eigenvalue weighted by atomic mass is 10.1. The van der Waals surface area contributed by atoms with Crippen molar-refractivity contribution in [3.63, 3.8) is 0 Å². The highest BCUT2D eigenvalue weighted by molar-refractivity contribution is 5.19. The molecule has 90 valence electrons. The normalized spacial score (nSPS) is 20.1. The summed E-state index contributed by atoms with van der Waals surface area (Å²) in [6.45, 7) is 0.552. The number of nitrogens with zero attached hydrogens (tertiary/aromatic N) is 2. The first-order valence-electron chi connectivity index (χ1n) is 5.32. The summed E-state index contributed by atoms with van der Waals surface area (Å²) in [5.74, 6) is 0. The molecule has 0 bridgehead atoms. The third-order valence-electron chi connectivity index (χ3n) is 2.96. The molecule has 1 unspecified atom stereocenters. The molecule has 0 amide bonds. The third kappa shape index (κ3) is 2.21. The standard InChI is InChI=1S/C10H14F3N3/c11-10(12,13)5-8-9-2-1-7(3-4-14)16(9)6-15-8/h6-7H,1-5,14H2. The molecule has 16 heavy (non-hydrogen) atoms. The average Bonchev–Trinajstić information content (AvgIpc) is 2.69. The van der Waals surface area contributed by atoms with Crippen LogP contribution in [-0.4, -0.2) is 22.3 Å². The fourth-order valence-electron chi connectivity index (χ4n) is 2.27. The van der Waals surface area contributed by atoms with Crippen LogP contribution in [0.25, 0.3) is 0 Å². The number of nitrogens with two attached hydrogens (primary N) is 1. The van der Waals surface area contributed by atoms with Crippen LogP contribution in [0.2, 0.25) is 0 Å². The maximum atomic E-state index is 12.3. The number of aromatic nitrogens is 2. The summed E-state index contributed by atoms with van der Waals surface area (Å²) in [6.07, 6.45) is -1.24. The van der Waals surface area contributed by atoms with Gasteiger partial charge in [-0.15, -0.1) is 0 Å². The molecular formula is C10H14F3N3. The van der Waals surface area contributed by atoms with Gasteiger partial charge in [0.2, 0.25) is 0 Å². The molecule has 1 atom stereocenters. The Bertz CT molecular complexity index is 370. The SMILES string of the molecule is NCCC1CCc2c(CC(F)(F)F)ncn21. The fraction of sp³-hybridized carbons (Fsp3) is 0.700. The van der Waals surface area contributed by atoms with E-state index in [4.69, 9.17) is 5.73 Å². The molecule has 6 heteroatoms. The van der Waals surface area contributed by atoms with Crippen LogP contribution < -0.4 is 5.73 Å². The molecule has 0 fully saturated rings. The van der Waals surface area contributed by atoms with Crippen LogP contribution in [0.4, 0.5) is 13.2 Å². The quantitative estimate of drug-likeness (QED) is 0.865. The summed E-state index contributed by atoms with van der Waals surface area (Å²) in [6, 6.07) is 0.231. The minimum atomic E-state index is -4.18. The zero-order valence-corrected chi connectivity index (χ0v) is 8.80. The van der Waals surface area contributed by atoms with Gasteiger partial charge in [-0.1, -0.05) is 0 Å². The zero-order chi connectivity index (χ0) is 11.8. The molecule has 0 radical (unpaired) electrons. The van der Waals surface area contributed by atoms with Crippen LogP contribution in [0.15, 0.2) is 6.33 Å². The van der Waals surface area contributed by atoms with Gasteiger partial charge in [0.15, 0.2) is 0 Å². The Kier molecular flexibility index (Phi) is 2.92. The Morgan fingerprint density at radius 1 is 1.50 bits per heavy atom. The van der Waals surface area contributed by atoms with Gasteiger partial charge in [-0.05, 0) is 25.8 Å². The molecule has 2 rings (SSSR count). The smallest absolute Gasteiger partial charge is 0.331 e. The predicted octanol–water partition coefficient (Wildman–Crippen LogP) is 1.82. The van der Waals surface area contributed by atoms with E-state index in [0.29, 0.717) is 13.0 Å². The second kappa shape index (κ2) is 4.08. The van der Waals surface area contributed by atoms with Crippen LogP contribution in [0.5, 0.6) is 0 Å². The lowest BCUT2D eigenvalue weighted by Gasteiger charge is -2.10. The van der Waals surface area contributed by atoms with E-state index >= 15 is 0 Å². The monoisotopic (exact) mass is 233 g/mol. The van der Waals surface area contributed by atoms with Gasteiger partial charge in [0, 0.05) is 11.7 Å². The van der Waals surface area contributed by atoms with Gasteiger partial charge in [-0.25, -0.2) is 4.98 Å². The van der Waals surface area contributed by atoms with E-state index in [2.05, 4.69) is 4.98 Å². The molecular weight excluding hydrogens is 219 g/mol. The molecule has 1 aliphatic rings. The number of hydrogen-bond donors (Lipinski definition) is 1. The fourth-order valence-corrected chi connectivity index (χ4v) is 2.27. The van der Waals surface area contributed by atoms with Crippen molar-refractivity contribution in [2.45, 2.75) is 37.9 Å². The number of imidazole rings is 1. The lowest BCUT2D eigenvalue weighted by molar-refractivity contribution is -0.127. The van der Waals surface area contributed by atoms with Crippen LogP contribution >= 0.6 is 0 Å². The van der Waals surface area contributed by atoms with Crippen molar-refractivity contribution >= 4 is 0 Å². The predicted molar refractivity (Wildman–Crippen MR) is 53.0 cm³/mol. The molecule has 0 aromatic carbocycles. The molecule has 2 N–H and O–H groups in total. The topological polar surface area (TPSA) is 43.8 Å². The molecule has 0 spiro atoms. The van der Waals surface area contributed by atoms with Gasteiger partial charge in [0.1, 0.15) is 0 Å². The number of rotatable bonds is 3. The summed E-state index contributed by atoms with van der Waals surface area (Å²) in [5, 5.41) is 0. The highest BCUT2D eigenvalue weighted by atomic mass is 19.4. The van der Waals surface area contributed by atoms with E-state index in [-0.39, 0.29) is 11.7 Å². The second-order valence-corrected chi connectivity index (χ2v) is 4.11. The Morgan fingerprint density at radius 3 is 2.88 bits per heavy atom. The average molecular weight is 233 g/mol. The van der Waals surface area contributed by atoms with E-state index < -0.39 is 12.6 Å². The van der Waals surface area contributed by atoms with Gasteiger partial charge < -0.3 is 10.3 Å². The number of fused-ring (bicyclic) bond motifs is 1. The molecule has 2 heterocycles. The van der Waals surface area contributed by atoms with E-state index in [9.17, 15) is 13.2 Å². The van der Waals surface area contributed by atoms with Crippen molar-refractivity contribution in [2.75, 3.05) is 6.54 Å². The highest BCUT2D eigenvalue weighted by Crippen LogP contribution is 2.32. The van der Waals surface area contributed by atoms with Crippen LogP contribution in [-0.2, 0) is 12.8 Å². The third-order valence-corrected chi connectivity index (χ3v) is 2.96. The van der Waals surface area contributed by atoms with Gasteiger partial charge in [0.05, 0.1) is 18.4 Å². The first-order valence-corrected chi connectivity index (χ1v) is 5.32. The lowest BCUT2D eigenvalue weighted by Crippen LogP contribution is -2.13. The summed E-state index contributed by atoms with van der Waals surface area (Å²) in [4.78, 5) is 3.86. The summed E-state index contributed by atoms with van der Waals surface area (Å²) >= 11 is 0. The van der Waals surface area contributed by atoms with Gasteiger partial charge in [-0.3, -0.25) is 0 Å². The molecule has 3 nitrogen and oxygen atoms in total. The van der Waals surface area contributed by atoms with E-state index in [0.717, 1.165) is 18.5 Å². The van der Waals surface area contributed by atoms with Crippen molar-refractivity contribution in [3.05, 3.63) is 17.7 Å². The molecule has 1 aromatic heterocycles. The Morgan fingerprint density at radius 2 is 2.25 bits per heavy atom. The van der Waals surface area contributed by atoms with Gasteiger partial charge >= 0.3 is 6.18 Å². The van der Waals surface area contributed by atoms with Crippen molar-refractivity contribution in [3.8, 4) is 0 Å². The summed E-state index contributed by atoms with van der Waals surface area (Å²) in [7, 11) is 0. The molecule has 0 saturated heterocycles. The summed E-state index contributed by atoms with van der Waals surface area (Å²) < 4.78 is 38.6. The minimum absolute atomic E-state index is 0.173. The molecule has 0 saturated carbocycles. The molecule has 1 aliphatic heterocycles. The van der Waals surface area contributed by atoms with E-state index in [1.54, 1.807) is 0 Å². The highest BCUT2D eigenvalue weighted by Gasteiger charge is 2.33. The Labute approximate surface area is 91.5 Å². The summed E-state index contributed by atoms with van der Waals surface area (Å²) in [5.41, 5.74) is 6.37. The van der Waals surface area contributed by atoms with E-state index in [1.807, 2.05) is 4.57 Å². The van der Waals surface area contributed by atoms with Crippen LogP contribution in [0.3, 0.4) is 0 Å². The Hall–Kier alpha value is -1.04. The first-order chi connectivity index (χ1) is 7.51. The second-order valence-electron chi connectivity index (χ2n) is 4.11. The number of hydrogen-bond acceptors (Lipinski definition) is 2. The van der Waals surface area contributed by atoms with Gasteiger partial charge in [0.25, 0.3) is 0 Å². The number of alkyl halides is 3. The van der Waals surface area contributed by atoms with Crippen molar-refractivity contribution in [1.29, 1.82) is 0 Å². The molecule has 0 aliphatic carbocycles. The van der Waals surface area contributed by atoms with Crippen molar-refractivity contribution in [2.24, 2.45) is 5.73 Å². The Balaban J connectivity index is 2.17. The van der Waals surface area contributed by atoms with Crippen molar-refractivity contribution < 1.29 is 13.2 Å². The minimum Gasteiger partial charge on any atom is -0.331 e. The largest absolute Gasteiger partial charge is 0.394 e. The molecule has 1 aromatic rings. The first kappa shape index (κ1) is 11.4. The van der Waals surface area contributed by atoms with Crippen LogP contribution in [0.1, 0.15) is 30.3 Å². The van der Waals surface area contributed by atoms with Crippen molar-refractivity contribution in [1.82, 2.24) is 9.55 Å².